The van der Waals surface area contributed by atoms with E-state index in [1.54, 1.807) is 25.1 Å². The molecular weight excluding hydrogens is 272 g/mol. The van der Waals surface area contributed by atoms with Crippen molar-refractivity contribution in [1.29, 1.82) is 0 Å². The number of hydrogen-bond donors (Lipinski definition) is 2. The van der Waals surface area contributed by atoms with Crippen LogP contribution in [0.2, 0.25) is 0 Å². The van der Waals surface area contributed by atoms with Crippen molar-refractivity contribution in [2.24, 2.45) is 0 Å². The van der Waals surface area contributed by atoms with E-state index in [9.17, 15) is 17.6 Å². The lowest BCUT2D eigenvalue weighted by atomic mass is 10.1. The SMILES string of the molecule is Cc1cc(N)ccc1Nc1cc(C(F)(F)F)ccc1F. The monoisotopic (exact) mass is 284 g/mol. The lowest BCUT2D eigenvalue weighted by Gasteiger charge is -2.13. The van der Waals surface area contributed by atoms with Crippen LogP contribution in [0.5, 0.6) is 0 Å². The van der Waals surface area contributed by atoms with Gasteiger partial charge in [0.25, 0.3) is 0 Å². The Morgan fingerprint density at radius 2 is 1.70 bits per heavy atom. The van der Waals surface area contributed by atoms with Crippen molar-refractivity contribution in [2.75, 3.05) is 11.1 Å². The second-order valence-corrected chi connectivity index (χ2v) is 4.39. The summed E-state index contributed by atoms with van der Waals surface area (Å²) < 4.78 is 51.4. The summed E-state index contributed by atoms with van der Waals surface area (Å²) >= 11 is 0. The second-order valence-electron chi connectivity index (χ2n) is 4.39. The number of halogens is 4. The molecule has 0 unspecified atom stereocenters. The van der Waals surface area contributed by atoms with E-state index in [1.807, 2.05) is 0 Å². The van der Waals surface area contributed by atoms with Crippen molar-refractivity contribution in [3.05, 3.63) is 53.3 Å². The molecule has 0 fully saturated rings. The molecule has 0 radical (unpaired) electrons. The van der Waals surface area contributed by atoms with Crippen LogP contribution in [-0.2, 0) is 6.18 Å². The van der Waals surface area contributed by atoms with Crippen molar-refractivity contribution in [3.8, 4) is 0 Å². The Hall–Kier alpha value is -2.24. The highest BCUT2D eigenvalue weighted by Gasteiger charge is 2.31. The summed E-state index contributed by atoms with van der Waals surface area (Å²) in [6, 6.07) is 7.05. The minimum atomic E-state index is -4.51. The van der Waals surface area contributed by atoms with Gasteiger partial charge in [0.05, 0.1) is 11.3 Å². The number of anilines is 3. The van der Waals surface area contributed by atoms with Crippen LogP contribution in [-0.4, -0.2) is 0 Å². The van der Waals surface area contributed by atoms with Gasteiger partial charge in [-0.3, -0.25) is 0 Å². The van der Waals surface area contributed by atoms with Crippen molar-refractivity contribution >= 4 is 17.1 Å². The summed E-state index contributed by atoms with van der Waals surface area (Å²) in [4.78, 5) is 0. The average molecular weight is 284 g/mol. The number of nitrogens with one attached hydrogen (secondary N) is 1. The van der Waals surface area contributed by atoms with E-state index in [0.29, 0.717) is 23.0 Å². The normalized spacial score (nSPS) is 11.4. The summed E-state index contributed by atoms with van der Waals surface area (Å²) in [5.74, 6) is -0.755. The zero-order valence-electron chi connectivity index (χ0n) is 10.6. The summed E-state index contributed by atoms with van der Waals surface area (Å²) in [5, 5.41) is 2.65. The molecule has 0 atom stereocenters. The molecule has 0 aliphatic carbocycles. The maximum Gasteiger partial charge on any atom is 0.416 e. The van der Waals surface area contributed by atoms with Crippen molar-refractivity contribution in [1.82, 2.24) is 0 Å². The Bertz CT molecular complexity index is 636. The summed E-state index contributed by atoms with van der Waals surface area (Å²) in [6.45, 7) is 1.73. The fourth-order valence-corrected chi connectivity index (χ4v) is 1.77. The smallest absolute Gasteiger partial charge is 0.399 e. The maximum absolute atomic E-state index is 13.6. The molecule has 0 bridgehead atoms. The Morgan fingerprint density at radius 1 is 1.00 bits per heavy atom. The van der Waals surface area contributed by atoms with Crippen LogP contribution in [0.15, 0.2) is 36.4 Å². The van der Waals surface area contributed by atoms with Gasteiger partial charge < -0.3 is 11.1 Å². The average Bonchev–Trinajstić information content (AvgIpc) is 2.33. The molecule has 20 heavy (non-hydrogen) atoms. The van der Waals surface area contributed by atoms with E-state index in [2.05, 4.69) is 5.32 Å². The van der Waals surface area contributed by atoms with Gasteiger partial charge in [-0.15, -0.1) is 0 Å². The van der Waals surface area contributed by atoms with Gasteiger partial charge in [-0.1, -0.05) is 0 Å². The predicted octanol–water partition coefficient (Wildman–Crippen LogP) is 4.48. The van der Waals surface area contributed by atoms with Gasteiger partial charge in [-0.05, 0) is 48.9 Å². The van der Waals surface area contributed by atoms with E-state index in [4.69, 9.17) is 5.73 Å². The zero-order valence-corrected chi connectivity index (χ0v) is 10.6. The van der Waals surface area contributed by atoms with Crippen LogP contribution in [0.1, 0.15) is 11.1 Å². The number of nitrogen functional groups attached to an aromatic ring is 1. The minimum absolute atomic E-state index is 0.229. The van der Waals surface area contributed by atoms with Crippen molar-refractivity contribution in [3.63, 3.8) is 0 Å². The van der Waals surface area contributed by atoms with Gasteiger partial charge in [0.2, 0.25) is 0 Å². The molecule has 0 saturated heterocycles. The van der Waals surface area contributed by atoms with Crippen LogP contribution in [0.4, 0.5) is 34.6 Å². The summed E-state index contributed by atoms with van der Waals surface area (Å²) in [5.41, 5.74) is 6.18. The van der Waals surface area contributed by atoms with E-state index in [-0.39, 0.29) is 5.69 Å². The molecular formula is C14H12F4N2. The van der Waals surface area contributed by atoms with Crippen molar-refractivity contribution in [2.45, 2.75) is 13.1 Å². The molecule has 6 heteroatoms. The first-order valence-electron chi connectivity index (χ1n) is 5.77. The number of benzene rings is 2. The van der Waals surface area contributed by atoms with Gasteiger partial charge in [0.1, 0.15) is 5.82 Å². The van der Waals surface area contributed by atoms with Gasteiger partial charge in [-0.2, -0.15) is 13.2 Å². The number of nitrogens with two attached hydrogens (primary N) is 1. The van der Waals surface area contributed by atoms with Gasteiger partial charge in [0, 0.05) is 11.4 Å². The highest BCUT2D eigenvalue weighted by molar-refractivity contribution is 5.66. The van der Waals surface area contributed by atoms with Crippen LogP contribution in [0, 0.1) is 12.7 Å². The molecule has 0 heterocycles. The molecule has 0 amide bonds. The van der Waals surface area contributed by atoms with Crippen LogP contribution < -0.4 is 11.1 Å². The van der Waals surface area contributed by atoms with Gasteiger partial charge in [-0.25, -0.2) is 4.39 Å². The summed E-state index contributed by atoms with van der Waals surface area (Å²) in [6.07, 6.45) is -4.51. The third-order valence-corrected chi connectivity index (χ3v) is 2.81. The van der Waals surface area contributed by atoms with E-state index >= 15 is 0 Å². The summed E-state index contributed by atoms with van der Waals surface area (Å²) in [7, 11) is 0. The third kappa shape index (κ3) is 3.01. The van der Waals surface area contributed by atoms with E-state index < -0.39 is 17.6 Å². The first kappa shape index (κ1) is 14.2. The molecule has 0 aliphatic heterocycles. The number of hydrogen-bond acceptors (Lipinski definition) is 2. The molecule has 2 nitrogen and oxygen atoms in total. The van der Waals surface area contributed by atoms with Crippen LogP contribution in [0.3, 0.4) is 0 Å². The maximum atomic E-state index is 13.6. The van der Waals surface area contributed by atoms with Crippen LogP contribution in [0.25, 0.3) is 0 Å². The first-order valence-corrected chi connectivity index (χ1v) is 5.77. The minimum Gasteiger partial charge on any atom is -0.399 e. The molecule has 0 aromatic heterocycles. The Balaban J connectivity index is 2.38. The van der Waals surface area contributed by atoms with Gasteiger partial charge >= 0.3 is 6.18 Å². The lowest BCUT2D eigenvalue weighted by molar-refractivity contribution is -0.137. The molecule has 106 valence electrons. The van der Waals surface area contributed by atoms with Gasteiger partial charge in [0.15, 0.2) is 0 Å². The molecule has 0 spiro atoms. The van der Waals surface area contributed by atoms with Crippen molar-refractivity contribution < 1.29 is 17.6 Å². The molecule has 2 rings (SSSR count). The fourth-order valence-electron chi connectivity index (χ4n) is 1.77. The Morgan fingerprint density at radius 3 is 2.30 bits per heavy atom. The predicted molar refractivity (Wildman–Crippen MR) is 70.3 cm³/mol. The third-order valence-electron chi connectivity index (χ3n) is 2.81. The standard InChI is InChI=1S/C14H12F4N2/c1-8-6-10(19)3-5-12(8)20-13-7-9(14(16,17)18)2-4-11(13)15/h2-7,20H,19H2,1H3. The highest BCUT2D eigenvalue weighted by Crippen LogP contribution is 2.33. The number of alkyl halides is 3. The molecule has 2 aromatic rings. The number of rotatable bonds is 2. The first-order chi connectivity index (χ1) is 9.27. The second kappa shape index (κ2) is 5.03. The molecule has 2 aromatic carbocycles. The largest absolute Gasteiger partial charge is 0.416 e. The topological polar surface area (TPSA) is 38.0 Å². The Labute approximate surface area is 113 Å². The number of aryl methyl sites for hydroxylation is 1. The molecule has 0 aliphatic rings. The van der Waals surface area contributed by atoms with Crippen LogP contribution >= 0.6 is 0 Å². The Kier molecular flexibility index (Phi) is 3.57. The quantitative estimate of drug-likeness (QED) is 0.630. The van der Waals surface area contributed by atoms with E-state index in [1.165, 1.54) is 0 Å². The zero-order chi connectivity index (χ0) is 14.9. The molecule has 3 N–H and O–H groups in total. The highest BCUT2D eigenvalue weighted by atomic mass is 19.4. The lowest BCUT2D eigenvalue weighted by Crippen LogP contribution is -2.06. The fraction of sp³-hybridized carbons (Fsp3) is 0.143. The van der Waals surface area contributed by atoms with E-state index in [0.717, 1.165) is 12.1 Å². The molecule has 0 saturated carbocycles.